The Morgan fingerprint density at radius 2 is 1.76 bits per heavy atom. The number of hydrogen-bond donors (Lipinski definition) is 0. The molecule has 3 aromatic rings. The van der Waals surface area contributed by atoms with Gasteiger partial charge < -0.3 is 14.4 Å². The molecule has 0 saturated carbocycles. The number of thioether (sulfide) groups is 1. The monoisotopic (exact) mass is 468 g/mol. The molecule has 0 saturated heterocycles. The fraction of sp³-hybridized carbons (Fsp3) is 0.333. The summed E-state index contributed by atoms with van der Waals surface area (Å²) < 4.78 is 12.0. The number of amides is 1. The number of esters is 1. The van der Waals surface area contributed by atoms with Crippen molar-refractivity contribution in [2.45, 2.75) is 25.5 Å². The molecule has 0 N–H and O–H groups in total. The molecule has 2 aromatic carbocycles. The quantitative estimate of drug-likeness (QED) is 0.332. The van der Waals surface area contributed by atoms with Crippen molar-refractivity contribution in [3.8, 4) is 11.4 Å². The lowest BCUT2D eigenvalue weighted by Gasteiger charge is -2.25. The molecule has 9 heteroatoms. The third-order valence-electron chi connectivity index (χ3n) is 5.12. The number of aromatic nitrogens is 3. The Labute approximate surface area is 197 Å². The van der Waals surface area contributed by atoms with Crippen LogP contribution in [0, 0.1) is 12.8 Å². The van der Waals surface area contributed by atoms with Gasteiger partial charge in [0.25, 0.3) is 0 Å². The first-order chi connectivity index (χ1) is 15.9. The van der Waals surface area contributed by atoms with Gasteiger partial charge in [-0.1, -0.05) is 49.0 Å². The fourth-order valence-corrected chi connectivity index (χ4v) is 4.25. The van der Waals surface area contributed by atoms with E-state index in [1.807, 2.05) is 66.1 Å². The third-order valence-corrected chi connectivity index (χ3v) is 6.03. The van der Waals surface area contributed by atoms with Gasteiger partial charge in [0, 0.05) is 18.8 Å². The van der Waals surface area contributed by atoms with E-state index in [4.69, 9.17) is 9.47 Å². The molecule has 0 aliphatic rings. The van der Waals surface area contributed by atoms with E-state index >= 15 is 0 Å². The number of methoxy groups -OCH3 is 2. The number of carbonyl (C=O) groups excluding carboxylic acids is 2. The first-order valence-electron chi connectivity index (χ1n) is 10.5. The van der Waals surface area contributed by atoms with E-state index in [1.165, 1.54) is 18.9 Å². The van der Waals surface area contributed by atoms with Crippen LogP contribution in [-0.4, -0.2) is 58.1 Å². The zero-order chi connectivity index (χ0) is 23.8. The van der Waals surface area contributed by atoms with Crippen LogP contribution in [0.3, 0.4) is 0 Å². The minimum Gasteiger partial charge on any atom is -0.497 e. The summed E-state index contributed by atoms with van der Waals surface area (Å²) in [4.78, 5) is 26.8. The van der Waals surface area contributed by atoms with Crippen LogP contribution >= 0.6 is 11.8 Å². The molecular weight excluding hydrogens is 440 g/mol. The largest absolute Gasteiger partial charge is 0.497 e. The van der Waals surface area contributed by atoms with E-state index in [2.05, 4.69) is 10.2 Å². The number of carbonyl (C=O) groups is 2. The van der Waals surface area contributed by atoms with Gasteiger partial charge in [-0.3, -0.25) is 14.2 Å². The summed E-state index contributed by atoms with van der Waals surface area (Å²) >= 11 is 1.31. The van der Waals surface area contributed by atoms with E-state index in [1.54, 1.807) is 18.9 Å². The highest BCUT2D eigenvalue weighted by molar-refractivity contribution is 7.99. The summed E-state index contributed by atoms with van der Waals surface area (Å²) in [6.07, 6.45) is 0. The van der Waals surface area contributed by atoms with E-state index in [0.29, 0.717) is 11.7 Å². The van der Waals surface area contributed by atoms with Crippen LogP contribution < -0.4 is 4.74 Å². The Balaban J connectivity index is 1.75. The third kappa shape index (κ3) is 6.35. The average molecular weight is 469 g/mol. The SMILES string of the molecule is COC(=O)C(C)CN(Cc1ccccc1)C(=O)CSc1nnc(C)n1-c1ccc(OC)cc1. The molecule has 1 unspecified atom stereocenters. The van der Waals surface area contributed by atoms with Crippen molar-refractivity contribution in [3.63, 3.8) is 0 Å². The number of benzene rings is 2. The Hall–Kier alpha value is -3.33. The smallest absolute Gasteiger partial charge is 0.310 e. The topological polar surface area (TPSA) is 86.5 Å². The molecule has 1 aromatic heterocycles. The van der Waals surface area contributed by atoms with E-state index < -0.39 is 5.92 Å². The van der Waals surface area contributed by atoms with Crippen LogP contribution in [-0.2, 0) is 20.9 Å². The first kappa shape index (κ1) is 24.3. The van der Waals surface area contributed by atoms with E-state index in [-0.39, 0.29) is 24.2 Å². The van der Waals surface area contributed by atoms with Crippen LogP contribution in [0.5, 0.6) is 5.75 Å². The zero-order valence-corrected chi connectivity index (χ0v) is 20.0. The zero-order valence-electron chi connectivity index (χ0n) is 19.2. The molecule has 174 valence electrons. The van der Waals surface area contributed by atoms with Gasteiger partial charge >= 0.3 is 5.97 Å². The number of nitrogens with zero attached hydrogens (tertiary/aromatic N) is 4. The van der Waals surface area contributed by atoms with Crippen LogP contribution in [0.1, 0.15) is 18.3 Å². The second-order valence-electron chi connectivity index (χ2n) is 7.54. The van der Waals surface area contributed by atoms with Crippen molar-refractivity contribution in [2.75, 3.05) is 26.5 Å². The standard InChI is InChI=1S/C24H28N4O4S/c1-17(23(30)32-4)14-27(15-19-8-6-5-7-9-19)22(29)16-33-24-26-25-18(2)28(24)20-10-12-21(31-3)13-11-20/h5-13,17H,14-16H2,1-4H3. The molecule has 0 spiro atoms. The second-order valence-corrected chi connectivity index (χ2v) is 8.48. The summed E-state index contributed by atoms with van der Waals surface area (Å²) in [5.41, 5.74) is 1.87. The van der Waals surface area contributed by atoms with E-state index in [0.717, 1.165) is 22.8 Å². The predicted molar refractivity (Wildman–Crippen MR) is 126 cm³/mol. The van der Waals surface area contributed by atoms with Gasteiger partial charge in [-0.2, -0.15) is 0 Å². The van der Waals surface area contributed by atoms with Crippen molar-refractivity contribution in [2.24, 2.45) is 5.92 Å². The summed E-state index contributed by atoms with van der Waals surface area (Å²) in [6.45, 7) is 4.30. The summed E-state index contributed by atoms with van der Waals surface area (Å²) in [5, 5.41) is 9.05. The highest BCUT2D eigenvalue weighted by Gasteiger charge is 2.23. The molecule has 0 bridgehead atoms. The van der Waals surface area contributed by atoms with Crippen LogP contribution in [0.25, 0.3) is 5.69 Å². The maximum Gasteiger partial charge on any atom is 0.310 e. The van der Waals surface area contributed by atoms with Gasteiger partial charge in [-0.15, -0.1) is 10.2 Å². The Morgan fingerprint density at radius 3 is 2.39 bits per heavy atom. The Bertz CT molecular complexity index is 1070. The lowest BCUT2D eigenvalue weighted by atomic mass is 10.1. The molecule has 1 heterocycles. The summed E-state index contributed by atoms with van der Waals surface area (Å²) in [6, 6.07) is 17.3. The van der Waals surface area contributed by atoms with Crippen molar-refractivity contribution in [1.29, 1.82) is 0 Å². The van der Waals surface area contributed by atoms with Crippen molar-refractivity contribution in [3.05, 3.63) is 66.0 Å². The normalized spacial score (nSPS) is 11.6. The van der Waals surface area contributed by atoms with Crippen molar-refractivity contribution < 1.29 is 19.1 Å². The highest BCUT2D eigenvalue weighted by atomic mass is 32.2. The maximum atomic E-state index is 13.2. The fourth-order valence-electron chi connectivity index (χ4n) is 3.35. The summed E-state index contributed by atoms with van der Waals surface area (Å²) in [5.74, 6) is 0.762. The molecule has 1 amide bonds. The number of hydrogen-bond acceptors (Lipinski definition) is 7. The van der Waals surface area contributed by atoms with Gasteiger partial charge in [0.15, 0.2) is 5.16 Å². The Kier molecular flexibility index (Phi) is 8.48. The first-order valence-corrected chi connectivity index (χ1v) is 11.5. The number of rotatable bonds is 10. The molecule has 0 fully saturated rings. The minimum atomic E-state index is -0.433. The van der Waals surface area contributed by atoms with Crippen LogP contribution in [0.2, 0.25) is 0 Å². The molecule has 1 atom stereocenters. The van der Waals surface area contributed by atoms with Gasteiger partial charge in [-0.25, -0.2) is 0 Å². The minimum absolute atomic E-state index is 0.0958. The van der Waals surface area contributed by atoms with Gasteiger partial charge in [0.05, 0.1) is 25.9 Å². The molecule has 0 radical (unpaired) electrons. The van der Waals surface area contributed by atoms with Gasteiger partial charge in [0.1, 0.15) is 11.6 Å². The highest BCUT2D eigenvalue weighted by Crippen LogP contribution is 2.24. The summed E-state index contributed by atoms with van der Waals surface area (Å²) in [7, 11) is 2.97. The van der Waals surface area contributed by atoms with Gasteiger partial charge in [-0.05, 0) is 36.8 Å². The van der Waals surface area contributed by atoms with E-state index in [9.17, 15) is 9.59 Å². The molecule has 33 heavy (non-hydrogen) atoms. The van der Waals surface area contributed by atoms with Crippen LogP contribution in [0.15, 0.2) is 59.8 Å². The molecule has 3 rings (SSSR count). The molecule has 0 aliphatic heterocycles. The second kappa shape index (κ2) is 11.5. The lowest BCUT2D eigenvalue weighted by molar-refractivity contribution is -0.146. The van der Waals surface area contributed by atoms with Crippen molar-refractivity contribution >= 4 is 23.6 Å². The van der Waals surface area contributed by atoms with Gasteiger partial charge in [0.2, 0.25) is 5.91 Å². The molecule has 8 nitrogen and oxygen atoms in total. The number of ether oxygens (including phenoxy) is 2. The van der Waals surface area contributed by atoms with Crippen molar-refractivity contribution in [1.82, 2.24) is 19.7 Å². The molecular formula is C24H28N4O4S. The average Bonchev–Trinajstić information content (AvgIpc) is 3.22. The molecule has 0 aliphatic carbocycles. The Morgan fingerprint density at radius 1 is 1.06 bits per heavy atom. The lowest BCUT2D eigenvalue weighted by Crippen LogP contribution is -2.37. The predicted octanol–water partition coefficient (Wildman–Crippen LogP) is 3.51. The van der Waals surface area contributed by atoms with Crippen LogP contribution in [0.4, 0.5) is 0 Å². The number of aryl methyl sites for hydroxylation is 1. The maximum absolute atomic E-state index is 13.2.